The van der Waals surface area contributed by atoms with Gasteiger partial charge in [0.2, 0.25) is 5.91 Å². The molecule has 0 radical (unpaired) electrons. The van der Waals surface area contributed by atoms with Gasteiger partial charge in [0.1, 0.15) is 6.04 Å². The van der Waals surface area contributed by atoms with E-state index in [1.807, 2.05) is 54.6 Å². The number of benzene rings is 2. The van der Waals surface area contributed by atoms with Crippen molar-refractivity contribution in [2.75, 3.05) is 13.1 Å². The van der Waals surface area contributed by atoms with E-state index in [-0.39, 0.29) is 30.6 Å². The lowest BCUT2D eigenvalue weighted by atomic mass is 9.94. The summed E-state index contributed by atoms with van der Waals surface area (Å²) in [6.45, 7) is 1.27. The number of amides is 1. The summed E-state index contributed by atoms with van der Waals surface area (Å²) in [5, 5.41) is 19.8. The van der Waals surface area contributed by atoms with Crippen LogP contribution in [-0.4, -0.2) is 47.0 Å². The Labute approximate surface area is 188 Å². The highest BCUT2D eigenvalue weighted by atomic mass is 16.4. The molecule has 0 saturated carbocycles. The molecule has 0 spiro atoms. The minimum Gasteiger partial charge on any atom is -0.480 e. The molecule has 2 aromatic rings. The zero-order valence-electron chi connectivity index (χ0n) is 17.9. The van der Waals surface area contributed by atoms with E-state index in [1.54, 1.807) is 4.90 Å². The fourth-order valence-corrected chi connectivity index (χ4v) is 3.79. The van der Waals surface area contributed by atoms with Gasteiger partial charge in [-0.15, -0.1) is 0 Å². The number of nitrogens with one attached hydrogen (secondary N) is 2. The molecule has 32 heavy (non-hydrogen) atoms. The molecule has 1 heterocycles. The molecule has 0 bridgehead atoms. The van der Waals surface area contributed by atoms with Crippen LogP contribution in [0.2, 0.25) is 0 Å². The standard InChI is InChI=1S/C25H28N4O3/c26-25(27)29-14-4-7-21(17-29)16-23(30)28-22(24(31)32)15-20-12-10-19(11-13-20)9-8-18-5-2-1-3-6-18/h1-3,5-6,10-13,21-22H,4,7,14-17H2,(H3,26,27)(H,28,30)(H,31,32)/t21?,22-/m0/s1. The predicted octanol–water partition coefficient (Wildman–Crippen LogP) is 2.19. The van der Waals surface area contributed by atoms with E-state index in [0.29, 0.717) is 6.54 Å². The van der Waals surface area contributed by atoms with Crippen LogP contribution in [-0.2, 0) is 16.0 Å². The molecule has 3 rings (SSSR count). The zero-order chi connectivity index (χ0) is 22.9. The summed E-state index contributed by atoms with van der Waals surface area (Å²) in [4.78, 5) is 25.9. The van der Waals surface area contributed by atoms with Crippen LogP contribution >= 0.6 is 0 Å². The zero-order valence-corrected chi connectivity index (χ0v) is 17.9. The Morgan fingerprint density at radius 3 is 2.41 bits per heavy atom. The van der Waals surface area contributed by atoms with E-state index >= 15 is 0 Å². The van der Waals surface area contributed by atoms with E-state index in [4.69, 9.17) is 11.1 Å². The molecule has 1 saturated heterocycles. The predicted molar refractivity (Wildman–Crippen MR) is 123 cm³/mol. The molecule has 1 unspecified atom stereocenters. The first-order valence-electron chi connectivity index (χ1n) is 10.7. The number of carboxylic acid groups (broad SMARTS) is 1. The van der Waals surface area contributed by atoms with Gasteiger partial charge in [0.25, 0.3) is 0 Å². The second-order valence-corrected chi connectivity index (χ2v) is 8.02. The Morgan fingerprint density at radius 2 is 1.78 bits per heavy atom. The third-order valence-corrected chi connectivity index (χ3v) is 5.49. The van der Waals surface area contributed by atoms with Crippen molar-refractivity contribution in [2.45, 2.75) is 31.7 Å². The second kappa shape index (κ2) is 11.0. The van der Waals surface area contributed by atoms with Gasteiger partial charge in [0.05, 0.1) is 0 Å². The molecule has 1 aliphatic rings. The maximum absolute atomic E-state index is 12.5. The summed E-state index contributed by atoms with van der Waals surface area (Å²) in [5.41, 5.74) is 8.12. The van der Waals surface area contributed by atoms with Gasteiger partial charge in [-0.25, -0.2) is 4.79 Å². The van der Waals surface area contributed by atoms with Crippen LogP contribution in [0.5, 0.6) is 0 Å². The van der Waals surface area contributed by atoms with Gasteiger partial charge in [-0.05, 0) is 48.6 Å². The summed E-state index contributed by atoms with van der Waals surface area (Å²) in [5.74, 6) is 4.88. The van der Waals surface area contributed by atoms with Crippen molar-refractivity contribution in [1.29, 1.82) is 5.41 Å². The first-order valence-corrected chi connectivity index (χ1v) is 10.7. The molecule has 166 valence electrons. The van der Waals surface area contributed by atoms with Gasteiger partial charge in [-0.3, -0.25) is 10.2 Å². The van der Waals surface area contributed by atoms with Crippen molar-refractivity contribution in [3.8, 4) is 11.8 Å². The summed E-state index contributed by atoms with van der Waals surface area (Å²) in [6, 6.07) is 16.0. The van der Waals surface area contributed by atoms with E-state index < -0.39 is 12.0 Å². The maximum atomic E-state index is 12.5. The molecule has 1 aliphatic heterocycles. The van der Waals surface area contributed by atoms with Crippen molar-refractivity contribution in [3.63, 3.8) is 0 Å². The molecular weight excluding hydrogens is 404 g/mol. The summed E-state index contributed by atoms with van der Waals surface area (Å²) < 4.78 is 0. The summed E-state index contributed by atoms with van der Waals surface area (Å²) in [6.07, 6.45) is 2.14. The number of carbonyl (C=O) groups is 2. The van der Waals surface area contributed by atoms with Gasteiger partial charge < -0.3 is 21.1 Å². The third kappa shape index (κ3) is 6.88. The number of carboxylic acids is 1. The van der Waals surface area contributed by atoms with E-state index in [9.17, 15) is 14.7 Å². The number of guanidine groups is 1. The van der Waals surface area contributed by atoms with Crippen molar-refractivity contribution in [2.24, 2.45) is 11.7 Å². The Hall–Kier alpha value is -3.79. The lowest BCUT2D eigenvalue weighted by molar-refractivity contribution is -0.142. The monoisotopic (exact) mass is 432 g/mol. The number of hydrogen-bond donors (Lipinski definition) is 4. The maximum Gasteiger partial charge on any atom is 0.326 e. The van der Waals surface area contributed by atoms with Crippen molar-refractivity contribution in [3.05, 3.63) is 71.3 Å². The SMILES string of the molecule is N=C(N)N1CCCC(CC(=O)N[C@@H](Cc2ccc(C#Cc3ccccc3)cc2)C(=O)O)C1. The highest BCUT2D eigenvalue weighted by Gasteiger charge is 2.26. The van der Waals surface area contributed by atoms with Crippen molar-refractivity contribution in [1.82, 2.24) is 10.2 Å². The molecule has 2 atom stereocenters. The van der Waals surface area contributed by atoms with Gasteiger partial charge in [-0.1, -0.05) is 42.2 Å². The molecule has 1 fully saturated rings. The van der Waals surface area contributed by atoms with Crippen molar-refractivity contribution >= 4 is 17.8 Å². The number of nitrogens with zero attached hydrogens (tertiary/aromatic N) is 1. The fourth-order valence-electron chi connectivity index (χ4n) is 3.79. The average molecular weight is 433 g/mol. The molecule has 5 N–H and O–H groups in total. The van der Waals surface area contributed by atoms with E-state index in [2.05, 4.69) is 17.2 Å². The number of nitrogens with two attached hydrogens (primary N) is 1. The molecule has 0 aliphatic carbocycles. The van der Waals surface area contributed by atoms with E-state index in [0.717, 1.165) is 36.1 Å². The summed E-state index contributed by atoms with van der Waals surface area (Å²) >= 11 is 0. The number of likely N-dealkylation sites (tertiary alicyclic amines) is 1. The van der Waals surface area contributed by atoms with Crippen LogP contribution < -0.4 is 11.1 Å². The van der Waals surface area contributed by atoms with Crippen LogP contribution in [0.25, 0.3) is 0 Å². The fraction of sp³-hybridized carbons (Fsp3) is 0.320. The minimum absolute atomic E-state index is 0.00965. The first kappa shape index (κ1) is 22.9. The third-order valence-electron chi connectivity index (χ3n) is 5.49. The normalized spacial score (nSPS) is 16.4. The van der Waals surface area contributed by atoms with Crippen LogP contribution in [0.4, 0.5) is 0 Å². The second-order valence-electron chi connectivity index (χ2n) is 8.02. The van der Waals surface area contributed by atoms with Crippen LogP contribution in [0.3, 0.4) is 0 Å². The Balaban J connectivity index is 1.55. The molecule has 7 nitrogen and oxygen atoms in total. The van der Waals surface area contributed by atoms with Gasteiger partial charge in [0.15, 0.2) is 5.96 Å². The topological polar surface area (TPSA) is 120 Å². The minimum atomic E-state index is -1.07. The molecule has 7 heteroatoms. The molecule has 1 amide bonds. The quantitative estimate of drug-likeness (QED) is 0.317. The smallest absolute Gasteiger partial charge is 0.326 e. The number of piperidine rings is 1. The van der Waals surface area contributed by atoms with E-state index in [1.165, 1.54) is 0 Å². The van der Waals surface area contributed by atoms with Crippen molar-refractivity contribution < 1.29 is 14.7 Å². The van der Waals surface area contributed by atoms with Gasteiger partial charge in [0, 0.05) is 37.1 Å². The van der Waals surface area contributed by atoms with Gasteiger partial charge >= 0.3 is 5.97 Å². The van der Waals surface area contributed by atoms with Crippen LogP contribution in [0.15, 0.2) is 54.6 Å². The molecule has 0 aromatic heterocycles. The van der Waals surface area contributed by atoms with Crippen LogP contribution in [0, 0.1) is 23.2 Å². The highest BCUT2D eigenvalue weighted by molar-refractivity contribution is 5.84. The number of carbonyl (C=O) groups excluding carboxylic acids is 1. The Bertz CT molecular complexity index is 1010. The lowest BCUT2D eigenvalue weighted by Crippen LogP contribution is -2.46. The molecule has 2 aromatic carbocycles. The Kier molecular flexibility index (Phi) is 7.87. The Morgan fingerprint density at radius 1 is 1.12 bits per heavy atom. The van der Waals surface area contributed by atoms with Gasteiger partial charge in [-0.2, -0.15) is 0 Å². The number of rotatable bonds is 6. The average Bonchev–Trinajstić information content (AvgIpc) is 2.79. The highest BCUT2D eigenvalue weighted by Crippen LogP contribution is 2.19. The first-order chi connectivity index (χ1) is 15.4. The summed E-state index contributed by atoms with van der Waals surface area (Å²) in [7, 11) is 0. The largest absolute Gasteiger partial charge is 0.480 e. The number of aliphatic carboxylic acids is 1. The lowest BCUT2D eigenvalue weighted by Gasteiger charge is -2.32. The number of hydrogen-bond acceptors (Lipinski definition) is 3. The molecular formula is C25H28N4O3. The van der Waals surface area contributed by atoms with Crippen LogP contribution in [0.1, 0.15) is 36.0 Å².